The average molecular weight is 154 g/mol. The van der Waals surface area contributed by atoms with Gasteiger partial charge in [-0.25, -0.2) is 0 Å². The molecule has 0 amide bonds. The van der Waals surface area contributed by atoms with Crippen molar-refractivity contribution < 1.29 is 5.11 Å². The van der Waals surface area contributed by atoms with Gasteiger partial charge in [-0.15, -0.1) is 0 Å². The molecule has 0 aromatic heterocycles. The molecule has 1 nitrogen and oxygen atoms in total. The van der Waals surface area contributed by atoms with E-state index in [9.17, 15) is 5.11 Å². The van der Waals surface area contributed by atoms with Crippen molar-refractivity contribution in [2.45, 2.75) is 45.6 Å². The van der Waals surface area contributed by atoms with Crippen LogP contribution in [0.5, 0.6) is 0 Å². The molecule has 0 saturated heterocycles. The third-order valence-corrected chi connectivity index (χ3v) is 2.87. The van der Waals surface area contributed by atoms with Gasteiger partial charge in [0.1, 0.15) is 0 Å². The van der Waals surface area contributed by atoms with Gasteiger partial charge < -0.3 is 5.11 Å². The highest BCUT2D eigenvalue weighted by Gasteiger charge is 2.35. The summed E-state index contributed by atoms with van der Waals surface area (Å²) >= 11 is 0. The van der Waals surface area contributed by atoms with E-state index in [0.717, 1.165) is 18.4 Å². The van der Waals surface area contributed by atoms with Gasteiger partial charge in [0.05, 0.1) is 6.10 Å². The highest BCUT2D eigenvalue weighted by Crippen LogP contribution is 2.42. The third kappa shape index (κ3) is 1.64. The van der Waals surface area contributed by atoms with Gasteiger partial charge >= 0.3 is 0 Å². The van der Waals surface area contributed by atoms with Crippen molar-refractivity contribution in [1.82, 2.24) is 0 Å². The fourth-order valence-corrected chi connectivity index (χ4v) is 2.05. The molecule has 1 aliphatic carbocycles. The lowest BCUT2D eigenvalue weighted by molar-refractivity contribution is 0.0722. The quantitative estimate of drug-likeness (QED) is 0.606. The van der Waals surface area contributed by atoms with E-state index in [1.54, 1.807) is 0 Å². The molecule has 0 bridgehead atoms. The van der Waals surface area contributed by atoms with Crippen molar-refractivity contribution in [2.75, 3.05) is 0 Å². The summed E-state index contributed by atoms with van der Waals surface area (Å²) in [6, 6.07) is 0. The molecule has 0 aliphatic heterocycles. The van der Waals surface area contributed by atoms with Crippen molar-refractivity contribution in [1.29, 1.82) is 0 Å². The Labute approximate surface area is 69.1 Å². The lowest BCUT2D eigenvalue weighted by Crippen LogP contribution is -2.29. The fourth-order valence-electron chi connectivity index (χ4n) is 2.05. The number of rotatable bonds is 2. The predicted molar refractivity (Wildman–Crippen MR) is 47.4 cm³/mol. The molecular formula is C10H18O. The number of aliphatic hydroxyl groups is 1. The molecule has 1 heteroatoms. The SMILES string of the molecule is C=C(C)C(O)C1(C)CCCC1. The van der Waals surface area contributed by atoms with Gasteiger partial charge in [0.15, 0.2) is 0 Å². The van der Waals surface area contributed by atoms with Crippen LogP contribution >= 0.6 is 0 Å². The molecule has 1 atom stereocenters. The normalized spacial score (nSPS) is 25.0. The summed E-state index contributed by atoms with van der Waals surface area (Å²) in [7, 11) is 0. The highest BCUT2D eigenvalue weighted by molar-refractivity contribution is 5.05. The highest BCUT2D eigenvalue weighted by atomic mass is 16.3. The van der Waals surface area contributed by atoms with Crippen LogP contribution in [0.3, 0.4) is 0 Å². The zero-order chi connectivity index (χ0) is 8.48. The van der Waals surface area contributed by atoms with Gasteiger partial charge in [0, 0.05) is 0 Å². The zero-order valence-corrected chi connectivity index (χ0v) is 7.56. The van der Waals surface area contributed by atoms with Gasteiger partial charge in [-0.2, -0.15) is 0 Å². The molecule has 1 N–H and O–H groups in total. The Balaban J connectivity index is 2.63. The summed E-state index contributed by atoms with van der Waals surface area (Å²) in [5.74, 6) is 0. The Morgan fingerprint density at radius 2 is 1.91 bits per heavy atom. The van der Waals surface area contributed by atoms with Gasteiger partial charge in [-0.05, 0) is 25.2 Å². The first-order valence-corrected chi connectivity index (χ1v) is 4.40. The van der Waals surface area contributed by atoms with E-state index in [1.165, 1.54) is 12.8 Å². The topological polar surface area (TPSA) is 20.2 Å². The molecule has 0 aromatic carbocycles. The monoisotopic (exact) mass is 154 g/mol. The smallest absolute Gasteiger partial charge is 0.0798 e. The van der Waals surface area contributed by atoms with Gasteiger partial charge in [-0.1, -0.05) is 31.9 Å². The maximum atomic E-state index is 9.79. The second-order valence-electron chi connectivity index (χ2n) is 4.11. The maximum Gasteiger partial charge on any atom is 0.0798 e. The second kappa shape index (κ2) is 2.98. The minimum Gasteiger partial charge on any atom is -0.388 e. The number of aliphatic hydroxyl groups excluding tert-OH is 1. The zero-order valence-electron chi connectivity index (χ0n) is 7.56. The molecule has 0 spiro atoms. The van der Waals surface area contributed by atoms with Crippen LogP contribution in [0.25, 0.3) is 0 Å². The molecule has 0 aromatic rings. The molecule has 1 saturated carbocycles. The summed E-state index contributed by atoms with van der Waals surface area (Å²) in [6.07, 6.45) is 4.55. The van der Waals surface area contributed by atoms with Crippen LogP contribution in [0.15, 0.2) is 12.2 Å². The number of hydrogen-bond donors (Lipinski definition) is 1. The van der Waals surface area contributed by atoms with Crippen LogP contribution < -0.4 is 0 Å². The number of hydrogen-bond acceptors (Lipinski definition) is 1. The predicted octanol–water partition coefficient (Wildman–Crippen LogP) is 2.50. The lowest BCUT2D eigenvalue weighted by atomic mass is 9.80. The Morgan fingerprint density at radius 3 is 2.27 bits per heavy atom. The van der Waals surface area contributed by atoms with Crippen molar-refractivity contribution >= 4 is 0 Å². The Morgan fingerprint density at radius 1 is 1.45 bits per heavy atom. The molecule has 1 rings (SSSR count). The van der Waals surface area contributed by atoms with E-state index in [-0.39, 0.29) is 11.5 Å². The van der Waals surface area contributed by atoms with Crippen LogP contribution in [0.4, 0.5) is 0 Å². The lowest BCUT2D eigenvalue weighted by Gasteiger charge is -2.30. The average Bonchev–Trinajstić information content (AvgIpc) is 2.35. The van der Waals surface area contributed by atoms with Gasteiger partial charge in [-0.3, -0.25) is 0 Å². The minimum absolute atomic E-state index is 0.131. The Hall–Kier alpha value is -0.300. The maximum absolute atomic E-state index is 9.79. The molecular weight excluding hydrogens is 136 g/mol. The summed E-state index contributed by atoms with van der Waals surface area (Å²) < 4.78 is 0. The van der Waals surface area contributed by atoms with Crippen molar-refractivity contribution in [2.24, 2.45) is 5.41 Å². The van der Waals surface area contributed by atoms with E-state index in [0.29, 0.717) is 0 Å². The van der Waals surface area contributed by atoms with Crippen molar-refractivity contribution in [3.05, 3.63) is 12.2 Å². The van der Waals surface area contributed by atoms with Crippen LogP contribution in [0.1, 0.15) is 39.5 Å². The molecule has 64 valence electrons. The van der Waals surface area contributed by atoms with Gasteiger partial charge in [0.25, 0.3) is 0 Å². The largest absolute Gasteiger partial charge is 0.388 e. The van der Waals surface area contributed by atoms with E-state index in [2.05, 4.69) is 13.5 Å². The summed E-state index contributed by atoms with van der Waals surface area (Å²) in [5.41, 5.74) is 1.04. The molecule has 1 unspecified atom stereocenters. The molecule has 0 radical (unpaired) electrons. The third-order valence-electron chi connectivity index (χ3n) is 2.87. The molecule has 1 fully saturated rings. The van der Waals surface area contributed by atoms with Gasteiger partial charge in [0.2, 0.25) is 0 Å². The van der Waals surface area contributed by atoms with Crippen LogP contribution in [-0.2, 0) is 0 Å². The Bertz CT molecular complexity index is 154. The second-order valence-corrected chi connectivity index (χ2v) is 4.11. The van der Waals surface area contributed by atoms with E-state index in [4.69, 9.17) is 0 Å². The molecule has 0 heterocycles. The van der Waals surface area contributed by atoms with Crippen molar-refractivity contribution in [3.8, 4) is 0 Å². The first kappa shape index (κ1) is 8.79. The molecule has 11 heavy (non-hydrogen) atoms. The summed E-state index contributed by atoms with van der Waals surface area (Å²) in [4.78, 5) is 0. The Kier molecular flexibility index (Phi) is 2.38. The van der Waals surface area contributed by atoms with Crippen LogP contribution in [-0.4, -0.2) is 11.2 Å². The van der Waals surface area contributed by atoms with Crippen LogP contribution in [0.2, 0.25) is 0 Å². The summed E-state index contributed by atoms with van der Waals surface area (Å²) in [6.45, 7) is 7.87. The van der Waals surface area contributed by atoms with E-state index < -0.39 is 0 Å². The van der Waals surface area contributed by atoms with E-state index in [1.807, 2.05) is 6.92 Å². The fraction of sp³-hybridized carbons (Fsp3) is 0.800. The molecule has 1 aliphatic rings. The first-order valence-electron chi connectivity index (χ1n) is 4.40. The van der Waals surface area contributed by atoms with Crippen LogP contribution in [0, 0.1) is 5.41 Å². The standard InChI is InChI=1S/C10H18O/c1-8(2)9(11)10(3)6-4-5-7-10/h9,11H,1,4-7H2,2-3H3. The first-order chi connectivity index (χ1) is 5.06. The van der Waals surface area contributed by atoms with Crippen molar-refractivity contribution in [3.63, 3.8) is 0 Å². The summed E-state index contributed by atoms with van der Waals surface area (Å²) in [5, 5.41) is 9.79. The minimum atomic E-state index is -0.287. The van der Waals surface area contributed by atoms with E-state index >= 15 is 0 Å².